The molecule has 4 heterocycles. The van der Waals surface area contributed by atoms with Gasteiger partial charge in [0, 0.05) is 22.5 Å². The Morgan fingerprint density at radius 1 is 1.14 bits per heavy atom. The monoisotopic (exact) mass is 508 g/mol. The zero-order chi connectivity index (χ0) is 25.0. The molecule has 3 fully saturated rings. The second kappa shape index (κ2) is 8.89. The van der Waals surface area contributed by atoms with Gasteiger partial charge in [0.05, 0.1) is 18.2 Å². The van der Waals surface area contributed by atoms with Gasteiger partial charge in [-0.25, -0.2) is 4.79 Å². The summed E-state index contributed by atoms with van der Waals surface area (Å²) in [4.78, 5) is 15.2. The molecule has 9 heteroatoms. The average Bonchev–Trinajstić information content (AvgIpc) is 2.80. The van der Waals surface area contributed by atoms with Crippen LogP contribution in [0.15, 0.2) is 36.4 Å². The summed E-state index contributed by atoms with van der Waals surface area (Å²) in [5, 5.41) is 3.04. The molecule has 4 aliphatic rings. The van der Waals surface area contributed by atoms with Crippen LogP contribution in [-0.2, 0) is 10.9 Å². The largest absolute Gasteiger partial charge is 0.493 e. The van der Waals surface area contributed by atoms with Crippen molar-refractivity contribution in [3.8, 4) is 16.9 Å². The SMILES string of the molecule is CC1(C)COc2cc(-c3cc(Cl)cc(C(F)(F)F)c3)ccc2C1NC(=O)O[C@H]1CN2CCC1CC2. The highest BCUT2D eigenvalue weighted by molar-refractivity contribution is 6.31. The number of carbonyl (C=O) groups excluding carboxylic acids is 1. The van der Waals surface area contributed by atoms with E-state index in [2.05, 4.69) is 10.2 Å². The predicted octanol–water partition coefficient (Wildman–Crippen LogP) is 6.31. The minimum absolute atomic E-state index is 0.00428. The third-order valence-electron chi connectivity index (χ3n) is 7.38. The van der Waals surface area contributed by atoms with E-state index in [0.29, 0.717) is 29.4 Å². The smallest absolute Gasteiger partial charge is 0.416 e. The lowest BCUT2D eigenvalue weighted by atomic mass is 9.78. The maximum absolute atomic E-state index is 13.3. The van der Waals surface area contributed by atoms with Crippen LogP contribution in [0.4, 0.5) is 18.0 Å². The van der Waals surface area contributed by atoms with Crippen LogP contribution in [0.25, 0.3) is 11.1 Å². The van der Waals surface area contributed by atoms with Crippen molar-refractivity contribution in [2.45, 2.75) is 45.0 Å². The van der Waals surface area contributed by atoms with E-state index in [9.17, 15) is 18.0 Å². The molecule has 1 unspecified atom stereocenters. The molecule has 0 radical (unpaired) electrons. The Kier molecular flexibility index (Phi) is 6.16. The van der Waals surface area contributed by atoms with E-state index < -0.39 is 23.2 Å². The summed E-state index contributed by atoms with van der Waals surface area (Å²) in [6.45, 7) is 7.22. The van der Waals surface area contributed by atoms with Gasteiger partial charge in [0.1, 0.15) is 11.9 Å². The van der Waals surface area contributed by atoms with Crippen LogP contribution in [0.3, 0.4) is 0 Å². The molecule has 2 aromatic rings. The summed E-state index contributed by atoms with van der Waals surface area (Å²) in [5.41, 5.74) is 0.420. The Morgan fingerprint density at radius 3 is 2.54 bits per heavy atom. The van der Waals surface area contributed by atoms with E-state index in [0.717, 1.165) is 50.2 Å². The van der Waals surface area contributed by atoms with E-state index in [-0.39, 0.29) is 17.2 Å². The molecule has 4 aliphatic heterocycles. The summed E-state index contributed by atoms with van der Waals surface area (Å²) in [6, 6.07) is 8.31. The summed E-state index contributed by atoms with van der Waals surface area (Å²) < 4.78 is 51.6. The van der Waals surface area contributed by atoms with Gasteiger partial charge >= 0.3 is 12.3 Å². The van der Waals surface area contributed by atoms with E-state index >= 15 is 0 Å². The number of alkyl halides is 3. The van der Waals surface area contributed by atoms with Crippen molar-refractivity contribution < 1.29 is 27.4 Å². The fourth-order valence-corrected chi connectivity index (χ4v) is 5.61. The van der Waals surface area contributed by atoms with Gasteiger partial charge in [0.2, 0.25) is 0 Å². The van der Waals surface area contributed by atoms with Crippen LogP contribution in [0, 0.1) is 11.3 Å². The van der Waals surface area contributed by atoms with Gasteiger partial charge in [-0.1, -0.05) is 37.6 Å². The first-order valence-electron chi connectivity index (χ1n) is 11.8. The number of hydrogen-bond acceptors (Lipinski definition) is 4. The number of nitrogens with zero attached hydrogens (tertiary/aromatic N) is 1. The van der Waals surface area contributed by atoms with Crippen molar-refractivity contribution >= 4 is 17.7 Å². The van der Waals surface area contributed by atoms with E-state index in [1.807, 2.05) is 13.8 Å². The number of amides is 1. The number of fused-ring (bicyclic) bond motifs is 4. The van der Waals surface area contributed by atoms with Gasteiger partial charge in [-0.2, -0.15) is 13.2 Å². The molecule has 2 aromatic carbocycles. The fourth-order valence-electron chi connectivity index (χ4n) is 5.37. The third kappa shape index (κ3) is 4.96. The van der Waals surface area contributed by atoms with Gasteiger partial charge < -0.3 is 14.8 Å². The molecule has 3 saturated heterocycles. The first-order valence-corrected chi connectivity index (χ1v) is 12.2. The van der Waals surface area contributed by atoms with Crippen LogP contribution < -0.4 is 10.1 Å². The zero-order valence-electron chi connectivity index (χ0n) is 19.6. The Morgan fingerprint density at radius 2 is 1.89 bits per heavy atom. The molecule has 0 aromatic heterocycles. The Labute approximate surface area is 207 Å². The van der Waals surface area contributed by atoms with E-state index in [1.54, 1.807) is 18.2 Å². The van der Waals surface area contributed by atoms with Gasteiger partial charge in [0.15, 0.2) is 0 Å². The van der Waals surface area contributed by atoms with Gasteiger partial charge in [-0.05, 0) is 67.2 Å². The predicted molar refractivity (Wildman–Crippen MR) is 126 cm³/mol. The molecule has 1 N–H and O–H groups in total. The van der Waals surface area contributed by atoms with Gasteiger partial charge in [-0.3, -0.25) is 4.90 Å². The summed E-state index contributed by atoms with van der Waals surface area (Å²) in [5.74, 6) is 0.922. The third-order valence-corrected chi connectivity index (χ3v) is 7.60. The second-order valence-corrected chi connectivity index (χ2v) is 10.9. The molecule has 188 valence electrons. The maximum atomic E-state index is 13.3. The Hall–Kier alpha value is -2.45. The van der Waals surface area contributed by atoms with E-state index in [4.69, 9.17) is 21.1 Å². The van der Waals surface area contributed by atoms with E-state index in [1.165, 1.54) is 6.07 Å². The summed E-state index contributed by atoms with van der Waals surface area (Å²) in [6.07, 6.45) is -2.97. The molecule has 35 heavy (non-hydrogen) atoms. The summed E-state index contributed by atoms with van der Waals surface area (Å²) >= 11 is 5.97. The van der Waals surface area contributed by atoms with Crippen LogP contribution in [0.2, 0.25) is 5.02 Å². The van der Waals surface area contributed by atoms with Crippen molar-refractivity contribution in [3.05, 3.63) is 52.5 Å². The lowest BCUT2D eigenvalue weighted by molar-refractivity contribution is -0.137. The molecule has 2 bridgehead atoms. The second-order valence-electron chi connectivity index (χ2n) is 10.4. The van der Waals surface area contributed by atoms with Crippen molar-refractivity contribution in [3.63, 3.8) is 0 Å². The number of ether oxygens (including phenoxy) is 2. The quantitative estimate of drug-likeness (QED) is 0.528. The molecule has 1 amide bonds. The topological polar surface area (TPSA) is 50.8 Å². The number of benzene rings is 2. The minimum Gasteiger partial charge on any atom is -0.493 e. The Balaban J connectivity index is 1.38. The first kappa shape index (κ1) is 24.3. The normalized spacial score (nSPS) is 27.0. The molecule has 0 spiro atoms. The van der Waals surface area contributed by atoms with Crippen LogP contribution in [-0.4, -0.2) is 43.3 Å². The average molecular weight is 509 g/mol. The lowest BCUT2D eigenvalue weighted by Gasteiger charge is -2.44. The molecule has 5 nitrogen and oxygen atoms in total. The number of halogens is 4. The fraction of sp³-hybridized carbons (Fsp3) is 0.500. The van der Waals surface area contributed by atoms with Crippen LogP contribution >= 0.6 is 11.6 Å². The highest BCUT2D eigenvalue weighted by atomic mass is 35.5. The molecular weight excluding hydrogens is 481 g/mol. The standard InChI is InChI=1S/C26H28ClF3N2O3/c1-25(2)14-34-21-11-16(17-9-18(26(28,29)30)12-19(27)10-17)3-4-20(21)23(25)31-24(33)35-22-13-32-7-5-15(22)6-8-32/h3-4,9-12,15,22-23H,5-8,13-14H2,1-2H3,(H,31,33)/t22-,23?/m0/s1. The highest BCUT2D eigenvalue weighted by Crippen LogP contribution is 2.45. The van der Waals surface area contributed by atoms with Gasteiger partial charge in [-0.15, -0.1) is 0 Å². The van der Waals surface area contributed by atoms with Crippen molar-refractivity contribution in [2.24, 2.45) is 11.3 Å². The van der Waals surface area contributed by atoms with Gasteiger partial charge in [0.25, 0.3) is 0 Å². The minimum atomic E-state index is -4.50. The number of piperidine rings is 3. The molecule has 0 aliphatic carbocycles. The molecule has 0 saturated carbocycles. The summed E-state index contributed by atoms with van der Waals surface area (Å²) in [7, 11) is 0. The lowest BCUT2D eigenvalue weighted by Crippen LogP contribution is -2.53. The van der Waals surface area contributed by atoms with Crippen molar-refractivity contribution in [2.75, 3.05) is 26.2 Å². The van der Waals surface area contributed by atoms with Crippen LogP contribution in [0.5, 0.6) is 5.75 Å². The number of nitrogens with one attached hydrogen (secondary N) is 1. The molecular formula is C26H28ClF3N2O3. The highest BCUT2D eigenvalue weighted by Gasteiger charge is 2.41. The zero-order valence-corrected chi connectivity index (χ0v) is 20.4. The first-order chi connectivity index (χ1) is 16.5. The molecule has 2 atom stereocenters. The Bertz CT molecular complexity index is 1130. The van der Waals surface area contributed by atoms with Crippen LogP contribution in [0.1, 0.15) is 43.9 Å². The number of carbonyl (C=O) groups is 1. The number of hydrogen-bond donors (Lipinski definition) is 1. The van der Waals surface area contributed by atoms with Crippen molar-refractivity contribution in [1.82, 2.24) is 10.2 Å². The number of rotatable bonds is 3. The number of alkyl carbamates (subject to hydrolysis) is 1. The van der Waals surface area contributed by atoms with Crippen molar-refractivity contribution in [1.29, 1.82) is 0 Å². The molecule has 6 rings (SSSR count). The maximum Gasteiger partial charge on any atom is 0.416 e.